The predicted molar refractivity (Wildman–Crippen MR) is 78.8 cm³/mol. The zero-order valence-corrected chi connectivity index (χ0v) is 12.2. The Bertz CT molecular complexity index is 621. The average Bonchev–Trinajstić information content (AvgIpc) is 2.73. The lowest BCUT2D eigenvalue weighted by atomic mass is 10.0. The summed E-state index contributed by atoms with van der Waals surface area (Å²) in [5.41, 5.74) is 0.869. The van der Waals surface area contributed by atoms with Crippen LogP contribution in [0.3, 0.4) is 0 Å². The fourth-order valence-electron chi connectivity index (χ4n) is 2.31. The molecule has 0 aliphatic carbocycles. The van der Waals surface area contributed by atoms with Crippen LogP contribution < -0.4 is 5.32 Å². The number of carboxylic acids is 1. The van der Waals surface area contributed by atoms with Gasteiger partial charge >= 0.3 is 5.97 Å². The first-order valence-electron chi connectivity index (χ1n) is 6.88. The molecule has 5 heteroatoms. The van der Waals surface area contributed by atoms with Gasteiger partial charge in [-0.25, -0.2) is 4.98 Å². The number of para-hydroxylation sites is 2. The van der Waals surface area contributed by atoms with E-state index in [2.05, 4.69) is 10.3 Å². The van der Waals surface area contributed by atoms with Gasteiger partial charge in [0, 0.05) is 0 Å². The zero-order chi connectivity index (χ0) is 14.8. The number of fused-ring (bicyclic) bond motifs is 1. The molecule has 0 saturated carbocycles. The van der Waals surface area contributed by atoms with Crippen LogP contribution in [0, 0.1) is 6.92 Å². The minimum absolute atomic E-state index is 0.356. The van der Waals surface area contributed by atoms with E-state index in [0.29, 0.717) is 13.1 Å². The van der Waals surface area contributed by atoms with Crippen molar-refractivity contribution >= 4 is 17.0 Å². The van der Waals surface area contributed by atoms with Crippen molar-refractivity contribution in [2.24, 2.45) is 0 Å². The van der Waals surface area contributed by atoms with Crippen LogP contribution in [0.1, 0.15) is 26.1 Å². The SMILES string of the molecule is CCCNC(C)(Cn1c(C)nc2ccccc21)C(=O)O. The number of aliphatic carboxylic acids is 1. The van der Waals surface area contributed by atoms with Gasteiger partial charge in [-0.05, 0) is 38.9 Å². The van der Waals surface area contributed by atoms with Crippen molar-refractivity contribution in [3.05, 3.63) is 30.1 Å². The second-order valence-electron chi connectivity index (χ2n) is 5.30. The number of benzene rings is 1. The molecule has 0 spiro atoms. The monoisotopic (exact) mass is 275 g/mol. The molecule has 2 N–H and O–H groups in total. The van der Waals surface area contributed by atoms with Crippen molar-refractivity contribution in [2.45, 2.75) is 39.3 Å². The summed E-state index contributed by atoms with van der Waals surface area (Å²) in [5.74, 6) is -0.0138. The van der Waals surface area contributed by atoms with Crippen molar-refractivity contribution < 1.29 is 9.90 Å². The van der Waals surface area contributed by atoms with Crippen LogP contribution in [-0.4, -0.2) is 32.7 Å². The molecule has 108 valence electrons. The van der Waals surface area contributed by atoms with E-state index in [-0.39, 0.29) is 0 Å². The molecule has 0 fully saturated rings. The van der Waals surface area contributed by atoms with Gasteiger partial charge in [0.25, 0.3) is 0 Å². The molecule has 1 heterocycles. The summed E-state index contributed by atoms with van der Waals surface area (Å²) >= 11 is 0. The molecule has 0 saturated heterocycles. The molecular weight excluding hydrogens is 254 g/mol. The number of imidazole rings is 1. The summed E-state index contributed by atoms with van der Waals surface area (Å²) in [6.45, 7) is 6.68. The second kappa shape index (κ2) is 5.63. The maximum atomic E-state index is 11.6. The Morgan fingerprint density at radius 3 is 2.80 bits per heavy atom. The average molecular weight is 275 g/mol. The van der Waals surface area contributed by atoms with Crippen molar-refractivity contribution in [1.29, 1.82) is 0 Å². The van der Waals surface area contributed by atoms with Crippen molar-refractivity contribution in [3.8, 4) is 0 Å². The van der Waals surface area contributed by atoms with E-state index in [4.69, 9.17) is 0 Å². The Hall–Kier alpha value is -1.88. The first-order chi connectivity index (χ1) is 9.48. The first-order valence-corrected chi connectivity index (χ1v) is 6.88. The van der Waals surface area contributed by atoms with Gasteiger partial charge in [0.1, 0.15) is 11.4 Å². The summed E-state index contributed by atoms with van der Waals surface area (Å²) in [6.07, 6.45) is 0.895. The minimum atomic E-state index is -0.996. The largest absolute Gasteiger partial charge is 0.480 e. The van der Waals surface area contributed by atoms with Crippen molar-refractivity contribution in [1.82, 2.24) is 14.9 Å². The number of hydrogen-bond donors (Lipinski definition) is 2. The van der Waals surface area contributed by atoms with Gasteiger partial charge in [0.2, 0.25) is 0 Å². The lowest BCUT2D eigenvalue weighted by Crippen LogP contribution is -2.53. The molecule has 1 aromatic heterocycles. The quantitative estimate of drug-likeness (QED) is 0.848. The summed E-state index contributed by atoms with van der Waals surface area (Å²) in [7, 11) is 0. The molecule has 1 atom stereocenters. The highest BCUT2D eigenvalue weighted by Crippen LogP contribution is 2.19. The highest BCUT2D eigenvalue weighted by Gasteiger charge is 2.33. The summed E-state index contributed by atoms with van der Waals surface area (Å²) < 4.78 is 1.96. The third-order valence-corrected chi connectivity index (χ3v) is 3.56. The first kappa shape index (κ1) is 14.5. The molecule has 0 aliphatic rings. The summed E-state index contributed by atoms with van der Waals surface area (Å²) in [6, 6.07) is 7.79. The maximum absolute atomic E-state index is 11.6. The van der Waals surface area contributed by atoms with Crippen LogP contribution >= 0.6 is 0 Å². The molecule has 2 rings (SSSR count). The van der Waals surface area contributed by atoms with Crippen LogP contribution in [0.4, 0.5) is 0 Å². The highest BCUT2D eigenvalue weighted by molar-refractivity contribution is 5.80. The lowest BCUT2D eigenvalue weighted by molar-refractivity contribution is -0.144. The van der Waals surface area contributed by atoms with Crippen LogP contribution in [-0.2, 0) is 11.3 Å². The Morgan fingerprint density at radius 2 is 2.15 bits per heavy atom. The van der Waals surface area contributed by atoms with E-state index >= 15 is 0 Å². The maximum Gasteiger partial charge on any atom is 0.325 e. The fraction of sp³-hybridized carbons (Fsp3) is 0.467. The number of carbonyl (C=O) groups is 1. The molecule has 0 aliphatic heterocycles. The molecule has 20 heavy (non-hydrogen) atoms. The molecule has 5 nitrogen and oxygen atoms in total. The van der Waals surface area contributed by atoms with Gasteiger partial charge in [-0.2, -0.15) is 0 Å². The van der Waals surface area contributed by atoms with E-state index in [1.807, 2.05) is 42.7 Å². The number of nitrogens with one attached hydrogen (secondary N) is 1. The number of aromatic nitrogens is 2. The van der Waals surface area contributed by atoms with Crippen molar-refractivity contribution in [2.75, 3.05) is 6.54 Å². The Balaban J connectivity index is 2.38. The summed E-state index contributed by atoms with van der Waals surface area (Å²) in [4.78, 5) is 16.1. The predicted octanol–water partition coefficient (Wildman–Crippen LogP) is 2.19. The van der Waals surface area contributed by atoms with Crippen LogP contribution in [0.15, 0.2) is 24.3 Å². The highest BCUT2D eigenvalue weighted by atomic mass is 16.4. The lowest BCUT2D eigenvalue weighted by Gasteiger charge is -2.27. The van der Waals surface area contributed by atoms with E-state index in [1.165, 1.54) is 0 Å². The van der Waals surface area contributed by atoms with Gasteiger partial charge in [0.05, 0.1) is 17.6 Å². The van der Waals surface area contributed by atoms with E-state index < -0.39 is 11.5 Å². The van der Waals surface area contributed by atoms with Gasteiger partial charge in [-0.3, -0.25) is 4.79 Å². The van der Waals surface area contributed by atoms with E-state index in [1.54, 1.807) is 6.92 Å². The molecule has 0 bridgehead atoms. The standard InChI is InChI=1S/C15H21N3O2/c1-4-9-16-15(3,14(19)20)10-18-11(2)17-12-7-5-6-8-13(12)18/h5-8,16H,4,9-10H2,1-3H3,(H,19,20). The van der Waals surface area contributed by atoms with Crippen molar-refractivity contribution in [3.63, 3.8) is 0 Å². The second-order valence-corrected chi connectivity index (χ2v) is 5.30. The van der Waals surface area contributed by atoms with Crippen LogP contribution in [0.2, 0.25) is 0 Å². The number of nitrogens with zero attached hydrogens (tertiary/aromatic N) is 2. The number of aryl methyl sites for hydroxylation is 1. The molecule has 1 unspecified atom stereocenters. The smallest absolute Gasteiger partial charge is 0.325 e. The Labute approximate surface area is 118 Å². The molecule has 0 radical (unpaired) electrons. The Kier molecular flexibility index (Phi) is 4.09. The van der Waals surface area contributed by atoms with Gasteiger partial charge in [0.15, 0.2) is 0 Å². The van der Waals surface area contributed by atoms with E-state index in [0.717, 1.165) is 23.3 Å². The van der Waals surface area contributed by atoms with Gasteiger partial charge < -0.3 is 15.0 Å². The van der Waals surface area contributed by atoms with Gasteiger partial charge in [-0.1, -0.05) is 19.1 Å². The molecule has 1 aromatic carbocycles. The normalized spacial score (nSPS) is 14.3. The number of carboxylic acid groups (broad SMARTS) is 1. The zero-order valence-electron chi connectivity index (χ0n) is 12.2. The molecule has 0 amide bonds. The number of rotatable bonds is 6. The molecule has 2 aromatic rings. The number of hydrogen-bond acceptors (Lipinski definition) is 3. The summed E-state index contributed by atoms with van der Waals surface area (Å²) in [5, 5.41) is 12.7. The van der Waals surface area contributed by atoms with Crippen LogP contribution in [0.25, 0.3) is 11.0 Å². The third kappa shape index (κ3) is 2.67. The minimum Gasteiger partial charge on any atom is -0.480 e. The van der Waals surface area contributed by atoms with E-state index in [9.17, 15) is 9.90 Å². The van der Waals surface area contributed by atoms with Crippen LogP contribution in [0.5, 0.6) is 0 Å². The fourth-order valence-corrected chi connectivity index (χ4v) is 2.31. The third-order valence-electron chi connectivity index (χ3n) is 3.56. The molecular formula is C15H21N3O2. The topological polar surface area (TPSA) is 67.2 Å². The van der Waals surface area contributed by atoms with Gasteiger partial charge in [-0.15, -0.1) is 0 Å². The Morgan fingerprint density at radius 1 is 1.45 bits per heavy atom.